The van der Waals surface area contributed by atoms with Crippen molar-refractivity contribution in [3.05, 3.63) is 46.3 Å². The Morgan fingerprint density at radius 3 is 1.89 bits per heavy atom. The SMILES string of the molecule is Cc1ccc(-c2c(F)cc(C3CCC(C4CCC(C)CC4)CC3)cc2F)s1. The van der Waals surface area contributed by atoms with E-state index in [0.29, 0.717) is 10.8 Å². The third-order valence-corrected chi connectivity index (χ3v) is 8.04. The second-order valence-corrected chi connectivity index (χ2v) is 10.2. The van der Waals surface area contributed by atoms with Gasteiger partial charge in [-0.3, -0.25) is 0 Å². The Hall–Kier alpha value is -1.22. The monoisotopic (exact) mass is 388 g/mol. The largest absolute Gasteiger partial charge is 0.206 e. The molecule has 0 radical (unpaired) electrons. The molecule has 0 N–H and O–H groups in total. The Morgan fingerprint density at radius 2 is 1.37 bits per heavy atom. The van der Waals surface area contributed by atoms with Crippen molar-refractivity contribution >= 4 is 11.3 Å². The predicted molar refractivity (Wildman–Crippen MR) is 110 cm³/mol. The molecule has 27 heavy (non-hydrogen) atoms. The zero-order valence-corrected chi connectivity index (χ0v) is 17.3. The summed E-state index contributed by atoms with van der Waals surface area (Å²) in [5.41, 5.74) is 1.000. The highest BCUT2D eigenvalue weighted by molar-refractivity contribution is 7.15. The summed E-state index contributed by atoms with van der Waals surface area (Å²) in [6.45, 7) is 4.33. The minimum atomic E-state index is -0.407. The summed E-state index contributed by atoms with van der Waals surface area (Å²) in [6, 6.07) is 6.93. The smallest absolute Gasteiger partial charge is 0.135 e. The highest BCUT2D eigenvalue weighted by Gasteiger charge is 2.31. The third kappa shape index (κ3) is 4.13. The van der Waals surface area contributed by atoms with Gasteiger partial charge in [0.1, 0.15) is 11.6 Å². The molecule has 0 saturated heterocycles. The lowest BCUT2D eigenvalue weighted by molar-refractivity contribution is 0.165. The molecule has 1 aromatic carbocycles. The van der Waals surface area contributed by atoms with E-state index in [1.54, 1.807) is 12.1 Å². The summed E-state index contributed by atoms with van der Waals surface area (Å²) in [7, 11) is 0. The molecular formula is C24H30F2S. The summed E-state index contributed by atoms with van der Waals surface area (Å²) < 4.78 is 29.5. The molecule has 1 aromatic heterocycles. The highest BCUT2D eigenvalue weighted by Crippen LogP contribution is 2.44. The highest BCUT2D eigenvalue weighted by atomic mass is 32.1. The van der Waals surface area contributed by atoms with E-state index in [1.165, 1.54) is 49.9 Å². The quantitative estimate of drug-likeness (QED) is 0.498. The molecule has 4 rings (SSSR count). The molecule has 0 spiro atoms. The van der Waals surface area contributed by atoms with Crippen molar-refractivity contribution in [3.63, 3.8) is 0 Å². The molecule has 0 aliphatic heterocycles. The van der Waals surface area contributed by atoms with Gasteiger partial charge in [-0.1, -0.05) is 19.8 Å². The van der Waals surface area contributed by atoms with Crippen molar-refractivity contribution in [1.82, 2.24) is 0 Å². The van der Waals surface area contributed by atoms with Gasteiger partial charge in [-0.2, -0.15) is 0 Å². The average molecular weight is 389 g/mol. The van der Waals surface area contributed by atoms with Crippen molar-refractivity contribution < 1.29 is 8.78 Å². The zero-order chi connectivity index (χ0) is 19.0. The molecule has 2 fully saturated rings. The summed E-state index contributed by atoms with van der Waals surface area (Å²) in [5.74, 6) is 2.11. The van der Waals surface area contributed by atoms with Gasteiger partial charge >= 0.3 is 0 Å². The summed E-state index contributed by atoms with van der Waals surface area (Å²) in [4.78, 5) is 1.76. The number of hydrogen-bond donors (Lipinski definition) is 0. The molecule has 146 valence electrons. The van der Waals surface area contributed by atoms with Gasteiger partial charge < -0.3 is 0 Å². The predicted octanol–water partition coefficient (Wildman–Crippen LogP) is 8.10. The second-order valence-electron chi connectivity index (χ2n) is 8.90. The summed E-state index contributed by atoms with van der Waals surface area (Å²) in [6.07, 6.45) is 10.1. The third-order valence-electron chi connectivity index (χ3n) is 7.02. The van der Waals surface area contributed by atoms with Gasteiger partial charge in [-0.05, 0) is 98.9 Å². The Kier molecular flexibility index (Phi) is 5.68. The maximum Gasteiger partial charge on any atom is 0.135 e. The van der Waals surface area contributed by atoms with Crippen LogP contribution in [-0.4, -0.2) is 0 Å². The van der Waals surface area contributed by atoms with E-state index in [9.17, 15) is 8.78 Å². The average Bonchev–Trinajstić information content (AvgIpc) is 3.08. The Morgan fingerprint density at radius 1 is 0.815 bits per heavy atom. The molecule has 2 saturated carbocycles. The van der Waals surface area contributed by atoms with Crippen LogP contribution in [0.25, 0.3) is 10.4 Å². The first kappa shape index (κ1) is 19.1. The number of aryl methyl sites for hydroxylation is 1. The topological polar surface area (TPSA) is 0 Å². The van der Waals surface area contributed by atoms with E-state index in [2.05, 4.69) is 6.92 Å². The lowest BCUT2D eigenvalue weighted by Crippen LogP contribution is -2.24. The summed E-state index contributed by atoms with van der Waals surface area (Å²) >= 11 is 1.45. The van der Waals surface area contributed by atoms with Crippen molar-refractivity contribution in [2.45, 2.75) is 71.1 Å². The second kappa shape index (κ2) is 8.03. The van der Waals surface area contributed by atoms with Crippen molar-refractivity contribution in [1.29, 1.82) is 0 Å². The molecule has 0 amide bonds. The van der Waals surface area contributed by atoms with Crippen molar-refractivity contribution in [2.75, 3.05) is 0 Å². The molecule has 0 unspecified atom stereocenters. The van der Waals surface area contributed by atoms with E-state index < -0.39 is 11.6 Å². The van der Waals surface area contributed by atoms with Crippen LogP contribution >= 0.6 is 11.3 Å². The number of thiophene rings is 1. The molecule has 0 nitrogen and oxygen atoms in total. The van der Waals surface area contributed by atoms with Crippen LogP contribution in [0, 0.1) is 36.3 Å². The standard InChI is InChI=1S/C24H30F2S/c1-15-3-6-17(7-4-15)18-8-10-19(11-9-18)20-13-21(25)24(22(26)14-20)23-12-5-16(2)27-23/h5,12-15,17-19H,3-4,6-11H2,1-2H3. The number of benzene rings is 1. The van der Waals surface area contributed by atoms with Gasteiger partial charge in [0.15, 0.2) is 0 Å². The fourth-order valence-corrected chi connectivity index (χ4v) is 6.23. The minimum Gasteiger partial charge on any atom is -0.206 e. The molecule has 2 aliphatic carbocycles. The van der Waals surface area contributed by atoms with Crippen LogP contribution in [-0.2, 0) is 0 Å². The van der Waals surface area contributed by atoms with E-state index in [4.69, 9.17) is 0 Å². The maximum atomic E-state index is 14.7. The fourth-order valence-electron chi connectivity index (χ4n) is 5.31. The normalized spacial score (nSPS) is 29.0. The van der Waals surface area contributed by atoms with Gasteiger partial charge in [-0.15, -0.1) is 11.3 Å². The number of hydrogen-bond acceptors (Lipinski definition) is 1. The van der Waals surface area contributed by atoms with E-state index in [-0.39, 0.29) is 5.56 Å². The number of halogens is 2. The first-order valence-electron chi connectivity index (χ1n) is 10.6. The van der Waals surface area contributed by atoms with Crippen LogP contribution < -0.4 is 0 Å². The van der Waals surface area contributed by atoms with Gasteiger partial charge in [-0.25, -0.2) is 8.78 Å². The zero-order valence-electron chi connectivity index (χ0n) is 16.4. The van der Waals surface area contributed by atoms with Crippen LogP contribution in [0.1, 0.15) is 74.6 Å². The molecule has 2 aromatic rings. The van der Waals surface area contributed by atoms with Crippen LogP contribution in [0.15, 0.2) is 24.3 Å². The molecular weight excluding hydrogens is 358 g/mol. The van der Waals surface area contributed by atoms with E-state index in [1.807, 2.05) is 19.1 Å². The minimum absolute atomic E-state index is 0.141. The summed E-state index contributed by atoms with van der Waals surface area (Å²) in [5, 5.41) is 0. The van der Waals surface area contributed by atoms with Crippen LogP contribution in [0.5, 0.6) is 0 Å². The Balaban J connectivity index is 1.44. The molecule has 1 heterocycles. The molecule has 3 heteroatoms. The van der Waals surface area contributed by atoms with Crippen LogP contribution in [0.2, 0.25) is 0 Å². The van der Waals surface area contributed by atoms with E-state index in [0.717, 1.165) is 41.0 Å². The van der Waals surface area contributed by atoms with Crippen molar-refractivity contribution in [3.8, 4) is 10.4 Å². The van der Waals surface area contributed by atoms with Gasteiger partial charge in [0.05, 0.1) is 5.56 Å². The first-order chi connectivity index (χ1) is 13.0. The Bertz CT molecular complexity index is 754. The van der Waals surface area contributed by atoms with Gasteiger partial charge in [0.25, 0.3) is 0 Å². The Labute approximate surface area is 166 Å². The molecule has 0 atom stereocenters. The lowest BCUT2D eigenvalue weighted by atomic mass is 9.68. The van der Waals surface area contributed by atoms with Gasteiger partial charge in [0, 0.05) is 9.75 Å². The lowest BCUT2D eigenvalue weighted by Gasteiger charge is -2.37. The number of rotatable bonds is 3. The maximum absolute atomic E-state index is 14.7. The van der Waals surface area contributed by atoms with Crippen LogP contribution in [0.3, 0.4) is 0 Å². The molecule has 2 aliphatic rings. The fraction of sp³-hybridized carbons (Fsp3) is 0.583. The first-order valence-corrected chi connectivity index (χ1v) is 11.4. The van der Waals surface area contributed by atoms with Gasteiger partial charge in [0.2, 0.25) is 0 Å². The van der Waals surface area contributed by atoms with Crippen LogP contribution in [0.4, 0.5) is 8.78 Å². The van der Waals surface area contributed by atoms with E-state index >= 15 is 0 Å². The van der Waals surface area contributed by atoms with Crippen molar-refractivity contribution in [2.24, 2.45) is 17.8 Å². The molecule has 0 bridgehead atoms.